The van der Waals surface area contributed by atoms with E-state index in [0.717, 1.165) is 6.42 Å². The van der Waals surface area contributed by atoms with Crippen LogP contribution in [0.4, 0.5) is 0 Å². The number of rotatable bonds is 3. The highest BCUT2D eigenvalue weighted by Gasteiger charge is 2.30. The van der Waals surface area contributed by atoms with E-state index in [9.17, 15) is 8.42 Å². The molecule has 7 heteroatoms. The summed E-state index contributed by atoms with van der Waals surface area (Å²) >= 11 is 11.7. The number of hydrogen-bond donors (Lipinski definition) is 0. The molecule has 0 aromatic heterocycles. The van der Waals surface area contributed by atoms with Gasteiger partial charge < -0.3 is 4.74 Å². The van der Waals surface area contributed by atoms with E-state index < -0.39 is 10.0 Å². The molecule has 1 heterocycles. The van der Waals surface area contributed by atoms with Crippen LogP contribution in [0.3, 0.4) is 0 Å². The third-order valence-corrected chi connectivity index (χ3v) is 5.31. The molecule has 0 radical (unpaired) electrons. The van der Waals surface area contributed by atoms with Crippen molar-refractivity contribution >= 4 is 33.2 Å². The molecule has 1 atom stereocenters. The van der Waals surface area contributed by atoms with Crippen LogP contribution in [0.2, 0.25) is 10.0 Å². The summed E-state index contributed by atoms with van der Waals surface area (Å²) in [7, 11) is -3.57. The Bertz CT molecular complexity index is 542. The number of nitrogens with zero attached hydrogens (tertiary/aromatic N) is 1. The molecule has 2 rings (SSSR count). The smallest absolute Gasteiger partial charge is 0.243 e. The minimum absolute atomic E-state index is 0.0572. The quantitative estimate of drug-likeness (QED) is 0.859. The van der Waals surface area contributed by atoms with Crippen LogP contribution in [-0.2, 0) is 14.8 Å². The molecule has 1 aliphatic rings. The largest absolute Gasteiger partial charge is 0.375 e. The first-order valence-electron chi connectivity index (χ1n) is 6.01. The van der Waals surface area contributed by atoms with Gasteiger partial charge in [-0.3, -0.25) is 0 Å². The van der Waals surface area contributed by atoms with Gasteiger partial charge in [0.25, 0.3) is 0 Å². The summed E-state index contributed by atoms with van der Waals surface area (Å²) in [5.41, 5.74) is 0. The Hall–Kier alpha value is -0.330. The lowest BCUT2D eigenvalue weighted by Gasteiger charge is -2.31. The predicted octanol–water partition coefficient (Wildman–Crippen LogP) is 2.79. The maximum atomic E-state index is 12.5. The van der Waals surface area contributed by atoms with Crippen LogP contribution in [0.25, 0.3) is 0 Å². The SMILES string of the molecule is CCC1CN(S(=O)(=O)c2cc(Cl)cc(Cl)c2)CCO1. The molecule has 106 valence electrons. The van der Waals surface area contributed by atoms with E-state index in [1.165, 1.54) is 22.5 Å². The first-order valence-corrected chi connectivity index (χ1v) is 8.21. The Labute approximate surface area is 123 Å². The second-order valence-corrected chi connectivity index (χ2v) is 7.18. The minimum Gasteiger partial charge on any atom is -0.375 e. The van der Waals surface area contributed by atoms with E-state index in [0.29, 0.717) is 29.7 Å². The monoisotopic (exact) mass is 323 g/mol. The third kappa shape index (κ3) is 3.41. The Morgan fingerprint density at radius 3 is 2.53 bits per heavy atom. The lowest BCUT2D eigenvalue weighted by Crippen LogP contribution is -2.45. The fraction of sp³-hybridized carbons (Fsp3) is 0.500. The van der Waals surface area contributed by atoms with Gasteiger partial charge in [0.2, 0.25) is 10.0 Å². The maximum absolute atomic E-state index is 12.5. The van der Waals surface area contributed by atoms with E-state index in [2.05, 4.69) is 0 Å². The molecule has 1 fully saturated rings. The molecular formula is C12H15Cl2NO3S. The van der Waals surface area contributed by atoms with Gasteiger partial charge in [0, 0.05) is 23.1 Å². The summed E-state index contributed by atoms with van der Waals surface area (Å²) in [6.45, 7) is 3.09. The molecule has 1 aromatic carbocycles. The van der Waals surface area contributed by atoms with Crippen molar-refractivity contribution in [2.75, 3.05) is 19.7 Å². The molecule has 1 saturated heterocycles. The van der Waals surface area contributed by atoms with Crippen LogP contribution < -0.4 is 0 Å². The van der Waals surface area contributed by atoms with Gasteiger partial charge >= 0.3 is 0 Å². The molecule has 0 aliphatic carbocycles. The fourth-order valence-corrected chi connectivity index (χ4v) is 4.17. The van der Waals surface area contributed by atoms with E-state index >= 15 is 0 Å². The van der Waals surface area contributed by atoms with Gasteiger partial charge in [0.05, 0.1) is 17.6 Å². The molecular weight excluding hydrogens is 309 g/mol. The highest BCUT2D eigenvalue weighted by molar-refractivity contribution is 7.89. The average Bonchev–Trinajstić information content (AvgIpc) is 2.37. The number of ether oxygens (including phenoxy) is 1. The number of hydrogen-bond acceptors (Lipinski definition) is 3. The van der Waals surface area contributed by atoms with Crippen molar-refractivity contribution in [3.05, 3.63) is 28.2 Å². The van der Waals surface area contributed by atoms with Crippen molar-refractivity contribution in [2.45, 2.75) is 24.3 Å². The normalized spacial score (nSPS) is 21.5. The van der Waals surface area contributed by atoms with Crippen LogP contribution >= 0.6 is 23.2 Å². The topological polar surface area (TPSA) is 46.6 Å². The van der Waals surface area contributed by atoms with E-state index in [1.54, 1.807) is 0 Å². The second kappa shape index (κ2) is 5.97. The predicted molar refractivity (Wildman–Crippen MR) is 75.3 cm³/mol. The lowest BCUT2D eigenvalue weighted by molar-refractivity contribution is -0.00277. The van der Waals surface area contributed by atoms with Crippen molar-refractivity contribution in [2.24, 2.45) is 0 Å². The summed E-state index contributed by atoms with van der Waals surface area (Å²) < 4.78 is 31.9. The fourth-order valence-electron chi connectivity index (χ4n) is 1.98. The van der Waals surface area contributed by atoms with Crippen LogP contribution in [0, 0.1) is 0 Å². The molecule has 1 aliphatic heterocycles. The van der Waals surface area contributed by atoms with Gasteiger partial charge in [-0.1, -0.05) is 30.1 Å². The minimum atomic E-state index is -3.57. The Morgan fingerprint density at radius 1 is 1.32 bits per heavy atom. The summed E-state index contributed by atoms with van der Waals surface area (Å²) in [6, 6.07) is 4.34. The Balaban J connectivity index is 2.31. The Kier molecular flexibility index (Phi) is 4.74. The highest BCUT2D eigenvalue weighted by atomic mass is 35.5. The first-order chi connectivity index (χ1) is 8.93. The van der Waals surface area contributed by atoms with E-state index in [1.807, 2.05) is 6.92 Å². The molecule has 0 amide bonds. The van der Waals surface area contributed by atoms with Crippen molar-refractivity contribution in [1.29, 1.82) is 0 Å². The van der Waals surface area contributed by atoms with Crippen LogP contribution in [0.1, 0.15) is 13.3 Å². The van der Waals surface area contributed by atoms with Crippen molar-refractivity contribution in [3.8, 4) is 0 Å². The molecule has 0 N–H and O–H groups in total. The van der Waals surface area contributed by atoms with E-state index in [-0.39, 0.29) is 11.0 Å². The maximum Gasteiger partial charge on any atom is 0.243 e. The molecule has 4 nitrogen and oxygen atoms in total. The van der Waals surface area contributed by atoms with E-state index in [4.69, 9.17) is 27.9 Å². The number of morpholine rings is 1. The van der Waals surface area contributed by atoms with Gasteiger partial charge in [-0.2, -0.15) is 4.31 Å². The third-order valence-electron chi connectivity index (χ3n) is 3.03. The Morgan fingerprint density at radius 2 is 1.95 bits per heavy atom. The van der Waals surface area contributed by atoms with Crippen molar-refractivity contribution in [1.82, 2.24) is 4.31 Å². The molecule has 1 aromatic rings. The summed E-state index contributed by atoms with van der Waals surface area (Å²) in [5, 5.41) is 0.623. The van der Waals surface area contributed by atoms with Gasteiger partial charge in [-0.15, -0.1) is 0 Å². The summed E-state index contributed by atoms with van der Waals surface area (Å²) in [6.07, 6.45) is 0.723. The zero-order chi connectivity index (χ0) is 14.0. The first kappa shape index (κ1) is 15.1. The molecule has 0 bridgehead atoms. The lowest BCUT2D eigenvalue weighted by atomic mass is 10.2. The van der Waals surface area contributed by atoms with Gasteiger partial charge in [-0.25, -0.2) is 8.42 Å². The van der Waals surface area contributed by atoms with Crippen LogP contribution in [0.15, 0.2) is 23.1 Å². The van der Waals surface area contributed by atoms with Gasteiger partial charge in [0.15, 0.2) is 0 Å². The zero-order valence-corrected chi connectivity index (χ0v) is 12.8. The standard InChI is InChI=1S/C12H15Cl2NO3S/c1-2-11-8-15(3-4-18-11)19(16,17)12-6-9(13)5-10(14)7-12/h5-7,11H,2-4,8H2,1H3. The van der Waals surface area contributed by atoms with Crippen LogP contribution in [0.5, 0.6) is 0 Å². The summed E-state index contributed by atoms with van der Waals surface area (Å²) in [5.74, 6) is 0. The molecule has 1 unspecified atom stereocenters. The molecule has 19 heavy (non-hydrogen) atoms. The van der Waals surface area contributed by atoms with Gasteiger partial charge in [-0.05, 0) is 24.6 Å². The van der Waals surface area contributed by atoms with Crippen molar-refractivity contribution in [3.63, 3.8) is 0 Å². The molecule has 0 saturated carbocycles. The second-order valence-electron chi connectivity index (χ2n) is 4.37. The summed E-state index contributed by atoms with van der Waals surface area (Å²) in [4.78, 5) is 0.127. The number of halogens is 2. The highest BCUT2D eigenvalue weighted by Crippen LogP contribution is 2.26. The van der Waals surface area contributed by atoms with Crippen LogP contribution in [-0.4, -0.2) is 38.5 Å². The number of benzene rings is 1. The van der Waals surface area contributed by atoms with Gasteiger partial charge in [0.1, 0.15) is 0 Å². The molecule has 0 spiro atoms. The average molecular weight is 324 g/mol. The zero-order valence-electron chi connectivity index (χ0n) is 10.5. The van der Waals surface area contributed by atoms with Crippen molar-refractivity contribution < 1.29 is 13.2 Å². The number of sulfonamides is 1.